The zero-order valence-corrected chi connectivity index (χ0v) is 19.1. The van der Waals surface area contributed by atoms with Gasteiger partial charge in [0.15, 0.2) is 6.29 Å². The second-order valence-corrected chi connectivity index (χ2v) is 8.30. The molecule has 178 valence electrons. The fourth-order valence-electron chi connectivity index (χ4n) is 3.73. The number of nitrogens with two attached hydrogens (primary N) is 4. The van der Waals surface area contributed by atoms with Crippen molar-refractivity contribution >= 4 is 17.3 Å². The van der Waals surface area contributed by atoms with Crippen LogP contribution in [-0.2, 0) is 20.7 Å². The summed E-state index contributed by atoms with van der Waals surface area (Å²) in [7, 11) is 0. The van der Waals surface area contributed by atoms with E-state index in [9.17, 15) is 4.79 Å². The van der Waals surface area contributed by atoms with Crippen molar-refractivity contribution in [3.63, 3.8) is 0 Å². The van der Waals surface area contributed by atoms with Gasteiger partial charge in [-0.25, -0.2) is 0 Å². The summed E-state index contributed by atoms with van der Waals surface area (Å²) in [5, 5.41) is 0. The number of carbonyl (C=O) groups is 1. The van der Waals surface area contributed by atoms with Crippen LogP contribution in [0, 0.1) is 5.92 Å². The van der Waals surface area contributed by atoms with Crippen molar-refractivity contribution in [2.45, 2.75) is 45.3 Å². The first-order chi connectivity index (χ1) is 15.9. The number of ether oxygens (including phenoxy) is 3. The van der Waals surface area contributed by atoms with Gasteiger partial charge in [-0.1, -0.05) is 19.1 Å². The van der Waals surface area contributed by atoms with Crippen molar-refractivity contribution in [3.8, 4) is 16.9 Å². The Hall–Kier alpha value is -3.23. The van der Waals surface area contributed by atoms with Crippen LogP contribution in [0.25, 0.3) is 11.1 Å². The molecule has 8 N–H and O–H groups in total. The summed E-state index contributed by atoms with van der Waals surface area (Å²) in [6, 6.07) is 11.0. The molecule has 1 aliphatic heterocycles. The molecule has 2 aromatic rings. The fraction of sp³-hybridized carbons (Fsp3) is 0.400. The molecule has 0 bridgehead atoms. The molecule has 33 heavy (non-hydrogen) atoms. The summed E-state index contributed by atoms with van der Waals surface area (Å²) in [6.07, 6.45) is 4.59. The van der Waals surface area contributed by atoms with E-state index in [1.54, 1.807) is 18.2 Å². The van der Waals surface area contributed by atoms with Crippen molar-refractivity contribution in [1.29, 1.82) is 0 Å². The van der Waals surface area contributed by atoms with Gasteiger partial charge in [0.25, 0.3) is 0 Å². The molecule has 0 atom stereocenters. The summed E-state index contributed by atoms with van der Waals surface area (Å²) < 4.78 is 16.9. The third-order valence-electron chi connectivity index (χ3n) is 5.64. The van der Waals surface area contributed by atoms with E-state index in [-0.39, 0.29) is 24.5 Å². The number of hydrogen-bond acceptors (Lipinski definition) is 8. The lowest BCUT2D eigenvalue weighted by molar-refractivity contribution is -0.202. The molecule has 0 amide bonds. The lowest BCUT2D eigenvalue weighted by Crippen LogP contribution is -2.32. The monoisotopic (exact) mass is 454 g/mol. The highest BCUT2D eigenvalue weighted by Gasteiger charge is 2.21. The zero-order chi connectivity index (χ0) is 23.8. The minimum absolute atomic E-state index is 0.186. The average molecular weight is 455 g/mol. The van der Waals surface area contributed by atoms with Crippen LogP contribution < -0.4 is 27.7 Å². The van der Waals surface area contributed by atoms with Gasteiger partial charge in [0, 0.05) is 35.7 Å². The van der Waals surface area contributed by atoms with Crippen LogP contribution in [0.15, 0.2) is 48.3 Å². The molecule has 1 fully saturated rings. The molecule has 0 aromatic heterocycles. The van der Waals surface area contributed by atoms with Gasteiger partial charge in [0.1, 0.15) is 5.75 Å². The van der Waals surface area contributed by atoms with Crippen LogP contribution in [0.3, 0.4) is 0 Å². The van der Waals surface area contributed by atoms with Crippen LogP contribution in [0.4, 0.5) is 11.4 Å². The first-order valence-corrected chi connectivity index (χ1v) is 11.3. The molecule has 0 spiro atoms. The van der Waals surface area contributed by atoms with E-state index < -0.39 is 0 Å². The summed E-state index contributed by atoms with van der Waals surface area (Å²) in [5.74, 6) is 0.753. The van der Waals surface area contributed by atoms with E-state index in [1.807, 2.05) is 24.3 Å². The molecule has 0 unspecified atom stereocenters. The second kappa shape index (κ2) is 11.6. The zero-order valence-electron chi connectivity index (χ0n) is 19.1. The highest BCUT2D eigenvalue weighted by atomic mass is 16.7. The van der Waals surface area contributed by atoms with Gasteiger partial charge in [0.05, 0.1) is 19.0 Å². The lowest BCUT2D eigenvalue weighted by atomic mass is 9.97. The first-order valence-electron chi connectivity index (χ1n) is 11.3. The largest absolute Gasteiger partial charge is 0.427 e. The fourth-order valence-corrected chi connectivity index (χ4v) is 3.73. The molecular formula is C25H34N4O4. The van der Waals surface area contributed by atoms with Gasteiger partial charge < -0.3 is 37.1 Å². The standard InChI is InChI=1S/C25H34N4O4/c1-2-16-14-31-24(32-15-16)11-6-17-12-20(26)25(21(27)13-17)18-7-9-19(10-8-18)33-23(30)5-3-4-22(28)29/h4,7-10,12-13,16,24H,2-3,5-6,11,14-15,26-29H2,1H3. The maximum atomic E-state index is 11.9. The van der Waals surface area contributed by atoms with Gasteiger partial charge in [0.2, 0.25) is 0 Å². The normalized spacial score (nSPS) is 18.0. The van der Waals surface area contributed by atoms with Crippen LogP contribution in [0.5, 0.6) is 5.75 Å². The van der Waals surface area contributed by atoms with E-state index >= 15 is 0 Å². The Balaban J connectivity index is 1.59. The van der Waals surface area contributed by atoms with E-state index in [0.29, 0.717) is 29.5 Å². The smallest absolute Gasteiger partial charge is 0.311 e. The summed E-state index contributed by atoms with van der Waals surface area (Å²) in [5.41, 5.74) is 27.2. The van der Waals surface area contributed by atoms with Gasteiger partial charge in [-0.05, 0) is 60.7 Å². The van der Waals surface area contributed by atoms with Crippen LogP contribution in [0.2, 0.25) is 0 Å². The average Bonchev–Trinajstić information content (AvgIpc) is 2.78. The number of benzene rings is 2. The van der Waals surface area contributed by atoms with Gasteiger partial charge in [-0.3, -0.25) is 4.79 Å². The summed E-state index contributed by atoms with van der Waals surface area (Å²) >= 11 is 0. The van der Waals surface area contributed by atoms with E-state index in [4.69, 9.17) is 37.1 Å². The number of hydrogen-bond donors (Lipinski definition) is 4. The number of nitrogen functional groups attached to an aromatic ring is 2. The third kappa shape index (κ3) is 7.13. The predicted octanol–water partition coefficient (Wildman–Crippen LogP) is 3.29. The molecule has 1 saturated heterocycles. The molecule has 0 radical (unpaired) electrons. The predicted molar refractivity (Wildman–Crippen MR) is 130 cm³/mol. The molecule has 0 aliphatic carbocycles. The minimum Gasteiger partial charge on any atom is -0.427 e. The van der Waals surface area contributed by atoms with E-state index in [0.717, 1.165) is 49.2 Å². The maximum Gasteiger partial charge on any atom is 0.311 e. The number of rotatable bonds is 9. The molecule has 8 nitrogen and oxygen atoms in total. The second-order valence-electron chi connectivity index (χ2n) is 8.30. The van der Waals surface area contributed by atoms with Gasteiger partial charge >= 0.3 is 5.97 Å². The Bertz CT molecular complexity index is 940. The van der Waals surface area contributed by atoms with Crippen molar-refractivity contribution in [2.24, 2.45) is 17.4 Å². The molecule has 3 rings (SSSR count). The molecular weight excluding hydrogens is 420 g/mol. The summed E-state index contributed by atoms with van der Waals surface area (Å²) in [6.45, 7) is 3.63. The van der Waals surface area contributed by atoms with Gasteiger partial charge in [-0.2, -0.15) is 0 Å². The molecule has 1 heterocycles. The number of allylic oxidation sites excluding steroid dienone is 1. The molecule has 1 aliphatic rings. The Morgan fingerprint density at radius 1 is 1.09 bits per heavy atom. The van der Waals surface area contributed by atoms with Crippen molar-refractivity contribution in [3.05, 3.63) is 53.9 Å². The topological polar surface area (TPSA) is 149 Å². The molecule has 0 saturated carbocycles. The SMILES string of the molecule is CCC1COC(CCc2cc(N)c(-c3ccc(OC(=O)CCC=C(N)N)cc3)c(N)c2)OC1. The number of anilines is 2. The van der Waals surface area contributed by atoms with Crippen LogP contribution in [-0.4, -0.2) is 25.5 Å². The number of aryl methyl sites for hydroxylation is 1. The van der Waals surface area contributed by atoms with Crippen molar-refractivity contribution in [2.75, 3.05) is 24.7 Å². The quantitative estimate of drug-likeness (QED) is 0.256. The summed E-state index contributed by atoms with van der Waals surface area (Å²) in [4.78, 5) is 11.9. The van der Waals surface area contributed by atoms with Crippen LogP contribution in [0.1, 0.15) is 38.2 Å². The van der Waals surface area contributed by atoms with E-state index in [2.05, 4.69) is 6.92 Å². The molecule has 8 heteroatoms. The molecule has 2 aromatic carbocycles. The van der Waals surface area contributed by atoms with Crippen molar-refractivity contribution < 1.29 is 19.0 Å². The highest BCUT2D eigenvalue weighted by Crippen LogP contribution is 2.34. The highest BCUT2D eigenvalue weighted by molar-refractivity contribution is 5.87. The van der Waals surface area contributed by atoms with Crippen molar-refractivity contribution in [1.82, 2.24) is 0 Å². The third-order valence-corrected chi connectivity index (χ3v) is 5.64. The Labute approximate surface area is 194 Å². The minimum atomic E-state index is -0.361. The number of esters is 1. The van der Waals surface area contributed by atoms with Crippen LogP contribution >= 0.6 is 0 Å². The van der Waals surface area contributed by atoms with Gasteiger partial charge in [-0.15, -0.1) is 0 Å². The Morgan fingerprint density at radius 3 is 2.30 bits per heavy atom. The number of carbonyl (C=O) groups excluding carboxylic acids is 1. The Morgan fingerprint density at radius 2 is 1.73 bits per heavy atom. The first kappa shape index (κ1) is 24.4. The lowest BCUT2D eigenvalue weighted by Gasteiger charge is -2.28. The Kier molecular flexibility index (Phi) is 8.57. The maximum absolute atomic E-state index is 11.9. The van der Waals surface area contributed by atoms with E-state index in [1.165, 1.54) is 0 Å².